The van der Waals surface area contributed by atoms with Gasteiger partial charge in [-0.05, 0) is 66.6 Å². The first kappa shape index (κ1) is 19.6. The number of benzene rings is 3. The predicted octanol–water partition coefficient (Wildman–Crippen LogP) is 5.21. The van der Waals surface area contributed by atoms with E-state index in [-0.39, 0.29) is 11.6 Å². The van der Waals surface area contributed by atoms with Gasteiger partial charge in [-0.2, -0.15) is 0 Å². The Morgan fingerprint density at radius 1 is 1.00 bits per heavy atom. The molecule has 6 heteroatoms. The quantitative estimate of drug-likeness (QED) is 0.332. The van der Waals surface area contributed by atoms with Crippen LogP contribution in [0.1, 0.15) is 27.0 Å². The van der Waals surface area contributed by atoms with Crippen LogP contribution in [-0.4, -0.2) is 17.8 Å². The predicted molar refractivity (Wildman–Crippen MR) is 115 cm³/mol. The van der Waals surface area contributed by atoms with Crippen LogP contribution in [0.3, 0.4) is 0 Å². The molecule has 0 fully saturated rings. The lowest BCUT2D eigenvalue weighted by Gasteiger charge is -2.05. The Balaban J connectivity index is 1.49. The molecule has 1 aliphatic rings. The SMILES string of the molecule is Cc1ccccc1C1=N/C(=C\c2ccc(OC(=O)c3ccc(Cl)cc3)cc2)C(=O)O1. The molecule has 30 heavy (non-hydrogen) atoms. The summed E-state index contributed by atoms with van der Waals surface area (Å²) in [5.74, 6) is -0.316. The van der Waals surface area contributed by atoms with Crippen LogP contribution >= 0.6 is 11.6 Å². The van der Waals surface area contributed by atoms with Crippen molar-refractivity contribution in [3.05, 3.63) is 106 Å². The summed E-state index contributed by atoms with van der Waals surface area (Å²) >= 11 is 5.83. The van der Waals surface area contributed by atoms with Crippen LogP contribution in [0.25, 0.3) is 6.08 Å². The van der Waals surface area contributed by atoms with Crippen LogP contribution in [-0.2, 0) is 9.53 Å². The van der Waals surface area contributed by atoms with Gasteiger partial charge in [-0.1, -0.05) is 41.9 Å². The molecule has 0 bridgehead atoms. The van der Waals surface area contributed by atoms with E-state index in [0.717, 1.165) is 16.7 Å². The van der Waals surface area contributed by atoms with Crippen molar-refractivity contribution in [1.82, 2.24) is 0 Å². The third-order valence-electron chi connectivity index (χ3n) is 4.47. The van der Waals surface area contributed by atoms with Crippen molar-refractivity contribution < 1.29 is 19.1 Å². The maximum atomic E-state index is 12.2. The largest absolute Gasteiger partial charge is 0.423 e. The lowest BCUT2D eigenvalue weighted by atomic mass is 10.1. The van der Waals surface area contributed by atoms with Gasteiger partial charge in [0.15, 0.2) is 5.70 Å². The van der Waals surface area contributed by atoms with Crippen LogP contribution in [0, 0.1) is 6.92 Å². The van der Waals surface area contributed by atoms with Crippen molar-refractivity contribution in [3.8, 4) is 5.75 Å². The molecule has 3 aromatic rings. The van der Waals surface area contributed by atoms with E-state index in [2.05, 4.69) is 4.99 Å². The number of nitrogens with zero attached hydrogens (tertiary/aromatic N) is 1. The van der Waals surface area contributed by atoms with Gasteiger partial charge in [0.2, 0.25) is 5.90 Å². The van der Waals surface area contributed by atoms with Gasteiger partial charge in [0.05, 0.1) is 5.56 Å². The average molecular weight is 418 g/mol. The van der Waals surface area contributed by atoms with E-state index in [4.69, 9.17) is 21.1 Å². The summed E-state index contributed by atoms with van der Waals surface area (Å²) in [6.07, 6.45) is 1.62. The van der Waals surface area contributed by atoms with E-state index in [1.54, 1.807) is 54.6 Å². The van der Waals surface area contributed by atoms with Gasteiger partial charge >= 0.3 is 11.9 Å². The van der Waals surface area contributed by atoms with Crippen molar-refractivity contribution in [2.24, 2.45) is 4.99 Å². The zero-order chi connectivity index (χ0) is 21.1. The first-order chi connectivity index (χ1) is 14.5. The summed E-state index contributed by atoms with van der Waals surface area (Å²) in [5, 5.41) is 0.544. The molecular weight excluding hydrogens is 402 g/mol. The third-order valence-corrected chi connectivity index (χ3v) is 4.72. The molecule has 0 saturated heterocycles. The molecule has 0 unspecified atom stereocenters. The zero-order valence-corrected chi connectivity index (χ0v) is 16.7. The first-order valence-corrected chi connectivity index (χ1v) is 9.54. The van der Waals surface area contributed by atoms with Crippen molar-refractivity contribution in [2.75, 3.05) is 0 Å². The van der Waals surface area contributed by atoms with Crippen molar-refractivity contribution in [2.45, 2.75) is 6.92 Å². The Morgan fingerprint density at radius 2 is 1.70 bits per heavy atom. The number of ether oxygens (including phenoxy) is 2. The minimum Gasteiger partial charge on any atom is -0.423 e. The molecule has 1 aliphatic heterocycles. The van der Waals surface area contributed by atoms with Crippen molar-refractivity contribution in [1.29, 1.82) is 0 Å². The van der Waals surface area contributed by atoms with Crippen LogP contribution in [0.4, 0.5) is 0 Å². The van der Waals surface area contributed by atoms with E-state index >= 15 is 0 Å². The highest BCUT2D eigenvalue weighted by molar-refractivity contribution is 6.30. The fourth-order valence-corrected chi connectivity index (χ4v) is 3.01. The number of hydrogen-bond donors (Lipinski definition) is 0. The van der Waals surface area contributed by atoms with Crippen molar-refractivity contribution >= 4 is 35.5 Å². The lowest BCUT2D eigenvalue weighted by molar-refractivity contribution is -0.129. The molecule has 0 radical (unpaired) electrons. The maximum Gasteiger partial charge on any atom is 0.363 e. The lowest BCUT2D eigenvalue weighted by Crippen LogP contribution is -2.08. The molecule has 0 amide bonds. The minimum absolute atomic E-state index is 0.208. The second-order valence-electron chi connectivity index (χ2n) is 6.62. The molecule has 0 atom stereocenters. The molecule has 0 N–H and O–H groups in total. The van der Waals surface area contributed by atoms with Gasteiger partial charge in [0.25, 0.3) is 0 Å². The Morgan fingerprint density at radius 3 is 2.40 bits per heavy atom. The monoisotopic (exact) mass is 417 g/mol. The Labute approximate surface area is 178 Å². The molecule has 5 nitrogen and oxygen atoms in total. The van der Waals surface area contributed by atoms with Crippen LogP contribution in [0.5, 0.6) is 5.75 Å². The fraction of sp³-hybridized carbons (Fsp3) is 0.0417. The number of rotatable bonds is 4. The second kappa shape index (κ2) is 8.35. The van der Waals surface area contributed by atoms with E-state index in [1.165, 1.54) is 0 Å². The standard InChI is InChI=1S/C24H16ClNO4/c1-15-4-2-3-5-20(15)22-26-21(24(28)30-22)14-16-6-12-19(13-7-16)29-23(27)17-8-10-18(25)11-9-17/h2-14H,1H3/b21-14-. The van der Waals surface area contributed by atoms with Gasteiger partial charge in [-0.15, -0.1) is 0 Å². The Kier molecular flexibility index (Phi) is 5.46. The molecule has 0 aromatic heterocycles. The molecule has 0 aliphatic carbocycles. The molecule has 1 heterocycles. The topological polar surface area (TPSA) is 65.0 Å². The smallest absolute Gasteiger partial charge is 0.363 e. The Bertz CT molecular complexity index is 1180. The Hall–Kier alpha value is -3.70. The van der Waals surface area contributed by atoms with E-state index < -0.39 is 11.9 Å². The highest BCUT2D eigenvalue weighted by Gasteiger charge is 2.24. The number of carbonyl (C=O) groups is 2. The summed E-state index contributed by atoms with van der Waals surface area (Å²) in [5.41, 5.74) is 3.08. The van der Waals surface area contributed by atoms with E-state index in [0.29, 0.717) is 16.3 Å². The number of esters is 2. The number of aliphatic imine (C=N–C) groups is 1. The summed E-state index contributed by atoms with van der Waals surface area (Å²) < 4.78 is 10.7. The van der Waals surface area contributed by atoms with E-state index in [1.807, 2.05) is 31.2 Å². The molecular formula is C24H16ClNO4. The normalized spacial score (nSPS) is 14.4. The van der Waals surface area contributed by atoms with Crippen LogP contribution in [0.2, 0.25) is 5.02 Å². The summed E-state index contributed by atoms with van der Waals surface area (Å²) in [6.45, 7) is 1.93. The zero-order valence-electron chi connectivity index (χ0n) is 16.0. The molecule has 0 spiro atoms. The summed E-state index contributed by atoms with van der Waals surface area (Å²) in [7, 11) is 0. The summed E-state index contributed by atoms with van der Waals surface area (Å²) in [6, 6.07) is 20.7. The molecule has 0 saturated carbocycles. The number of carbonyl (C=O) groups excluding carboxylic acids is 2. The van der Waals surface area contributed by atoms with E-state index in [9.17, 15) is 9.59 Å². The number of aryl methyl sites for hydroxylation is 1. The van der Waals surface area contributed by atoms with Crippen LogP contribution in [0.15, 0.2) is 83.5 Å². The number of halogens is 1. The maximum absolute atomic E-state index is 12.2. The van der Waals surface area contributed by atoms with Gasteiger partial charge in [0, 0.05) is 10.6 Å². The first-order valence-electron chi connectivity index (χ1n) is 9.16. The van der Waals surface area contributed by atoms with Gasteiger partial charge in [-0.3, -0.25) is 0 Å². The average Bonchev–Trinajstić information content (AvgIpc) is 3.10. The second-order valence-corrected chi connectivity index (χ2v) is 7.05. The third kappa shape index (κ3) is 4.31. The minimum atomic E-state index is -0.508. The molecule has 4 rings (SSSR count). The van der Waals surface area contributed by atoms with Gasteiger partial charge in [0.1, 0.15) is 5.75 Å². The van der Waals surface area contributed by atoms with Gasteiger partial charge in [-0.25, -0.2) is 14.6 Å². The highest BCUT2D eigenvalue weighted by atomic mass is 35.5. The van der Waals surface area contributed by atoms with Crippen molar-refractivity contribution in [3.63, 3.8) is 0 Å². The summed E-state index contributed by atoms with van der Waals surface area (Å²) in [4.78, 5) is 28.7. The van der Waals surface area contributed by atoms with Gasteiger partial charge < -0.3 is 9.47 Å². The molecule has 3 aromatic carbocycles. The number of cyclic esters (lactones) is 1. The fourth-order valence-electron chi connectivity index (χ4n) is 2.88. The highest BCUT2D eigenvalue weighted by Crippen LogP contribution is 2.22. The number of hydrogen-bond acceptors (Lipinski definition) is 5. The molecule has 148 valence electrons. The van der Waals surface area contributed by atoms with Crippen LogP contribution < -0.4 is 4.74 Å².